The highest BCUT2D eigenvalue weighted by Crippen LogP contribution is 2.21. The molecule has 0 radical (unpaired) electrons. The molecule has 2 rings (SSSR count). The standard InChI is InChI=1S/C15H18N2O2S/c1-2-19-13-3-5-14(6-4-13)20-11-15(18)17-10-12-7-8-16-9-12/h3-9,16H,2,10-11H2,1H3,(H,17,18). The van der Waals surface area contributed by atoms with Gasteiger partial charge in [0, 0.05) is 23.8 Å². The predicted octanol–water partition coefficient (Wildman–Crippen LogP) is 2.82. The number of carbonyl (C=O) groups is 1. The van der Waals surface area contributed by atoms with Gasteiger partial charge >= 0.3 is 0 Å². The first-order valence-electron chi connectivity index (χ1n) is 6.52. The SMILES string of the molecule is CCOc1ccc(SCC(=O)NCc2cc[nH]c2)cc1. The first-order chi connectivity index (χ1) is 9.78. The summed E-state index contributed by atoms with van der Waals surface area (Å²) in [4.78, 5) is 15.7. The number of ether oxygens (including phenoxy) is 1. The number of carbonyl (C=O) groups excluding carboxylic acids is 1. The molecule has 0 spiro atoms. The topological polar surface area (TPSA) is 54.1 Å². The molecule has 0 aliphatic rings. The van der Waals surface area contributed by atoms with Gasteiger partial charge in [0.15, 0.2) is 0 Å². The molecule has 20 heavy (non-hydrogen) atoms. The van der Waals surface area contributed by atoms with E-state index in [1.165, 1.54) is 11.8 Å². The van der Waals surface area contributed by atoms with Crippen LogP contribution in [0.4, 0.5) is 0 Å². The molecule has 106 valence electrons. The summed E-state index contributed by atoms with van der Waals surface area (Å²) in [7, 11) is 0. The second-order valence-corrected chi connectivity index (χ2v) is 5.24. The normalized spacial score (nSPS) is 10.2. The van der Waals surface area contributed by atoms with Crippen LogP contribution in [0.25, 0.3) is 0 Å². The molecule has 0 fully saturated rings. The van der Waals surface area contributed by atoms with Gasteiger partial charge in [-0.25, -0.2) is 0 Å². The summed E-state index contributed by atoms with van der Waals surface area (Å²) in [5.74, 6) is 1.30. The molecule has 2 aromatic rings. The quantitative estimate of drug-likeness (QED) is 0.771. The van der Waals surface area contributed by atoms with Gasteiger partial charge in [-0.1, -0.05) is 0 Å². The first-order valence-corrected chi connectivity index (χ1v) is 7.50. The van der Waals surface area contributed by atoms with E-state index in [0.717, 1.165) is 16.2 Å². The minimum atomic E-state index is 0.0325. The van der Waals surface area contributed by atoms with E-state index in [1.807, 2.05) is 49.6 Å². The lowest BCUT2D eigenvalue weighted by Crippen LogP contribution is -2.24. The highest BCUT2D eigenvalue weighted by Gasteiger charge is 2.03. The number of hydrogen-bond acceptors (Lipinski definition) is 3. The Hall–Kier alpha value is -1.88. The second kappa shape index (κ2) is 7.65. The van der Waals surface area contributed by atoms with Crippen LogP contribution in [0.2, 0.25) is 0 Å². The molecule has 0 saturated heterocycles. The largest absolute Gasteiger partial charge is 0.494 e. The highest BCUT2D eigenvalue weighted by atomic mass is 32.2. The molecule has 1 heterocycles. The Morgan fingerprint density at radius 2 is 2.10 bits per heavy atom. The molecule has 2 N–H and O–H groups in total. The molecule has 0 bridgehead atoms. The van der Waals surface area contributed by atoms with Gasteiger partial charge in [0.1, 0.15) is 5.75 Å². The molecule has 5 heteroatoms. The van der Waals surface area contributed by atoms with Crippen molar-refractivity contribution in [2.75, 3.05) is 12.4 Å². The number of thioether (sulfide) groups is 1. The number of rotatable bonds is 7. The average molecular weight is 290 g/mol. The Morgan fingerprint density at radius 3 is 2.75 bits per heavy atom. The smallest absolute Gasteiger partial charge is 0.230 e. The summed E-state index contributed by atoms with van der Waals surface area (Å²) in [5.41, 5.74) is 1.07. The molecule has 0 aliphatic heterocycles. The van der Waals surface area contributed by atoms with E-state index in [2.05, 4.69) is 10.3 Å². The van der Waals surface area contributed by atoms with Crippen molar-refractivity contribution in [3.63, 3.8) is 0 Å². The molecule has 1 aromatic heterocycles. The maximum atomic E-state index is 11.7. The Kier molecular flexibility index (Phi) is 5.55. The number of aromatic nitrogens is 1. The minimum absolute atomic E-state index is 0.0325. The number of amides is 1. The maximum Gasteiger partial charge on any atom is 0.230 e. The van der Waals surface area contributed by atoms with Crippen molar-refractivity contribution in [1.29, 1.82) is 0 Å². The van der Waals surface area contributed by atoms with Crippen LogP contribution in [0.5, 0.6) is 5.75 Å². The van der Waals surface area contributed by atoms with Gasteiger partial charge in [-0.3, -0.25) is 4.79 Å². The van der Waals surface area contributed by atoms with Crippen LogP contribution in [-0.4, -0.2) is 23.3 Å². The zero-order chi connectivity index (χ0) is 14.2. The van der Waals surface area contributed by atoms with Crippen molar-refractivity contribution in [2.24, 2.45) is 0 Å². The fourth-order valence-electron chi connectivity index (χ4n) is 1.67. The summed E-state index contributed by atoms with van der Waals surface area (Å²) in [5, 5.41) is 2.88. The van der Waals surface area contributed by atoms with E-state index in [4.69, 9.17) is 4.74 Å². The summed E-state index contributed by atoms with van der Waals surface area (Å²) < 4.78 is 5.37. The Balaban J connectivity index is 1.72. The van der Waals surface area contributed by atoms with Crippen molar-refractivity contribution < 1.29 is 9.53 Å². The van der Waals surface area contributed by atoms with E-state index >= 15 is 0 Å². The average Bonchev–Trinajstić information content (AvgIpc) is 2.98. The van der Waals surface area contributed by atoms with E-state index < -0.39 is 0 Å². The van der Waals surface area contributed by atoms with Gasteiger partial charge in [-0.2, -0.15) is 0 Å². The van der Waals surface area contributed by atoms with Crippen LogP contribution in [0.3, 0.4) is 0 Å². The monoisotopic (exact) mass is 290 g/mol. The van der Waals surface area contributed by atoms with Gasteiger partial charge in [-0.05, 0) is 42.8 Å². The maximum absolute atomic E-state index is 11.7. The summed E-state index contributed by atoms with van der Waals surface area (Å²) in [6, 6.07) is 9.72. The summed E-state index contributed by atoms with van der Waals surface area (Å²) in [6.45, 7) is 3.18. The lowest BCUT2D eigenvalue weighted by Gasteiger charge is -2.05. The fourth-order valence-corrected chi connectivity index (χ4v) is 2.40. The van der Waals surface area contributed by atoms with E-state index in [-0.39, 0.29) is 5.91 Å². The van der Waals surface area contributed by atoms with Crippen LogP contribution in [0, 0.1) is 0 Å². The van der Waals surface area contributed by atoms with E-state index in [9.17, 15) is 4.79 Å². The van der Waals surface area contributed by atoms with Gasteiger partial charge < -0.3 is 15.0 Å². The van der Waals surface area contributed by atoms with Crippen LogP contribution in [0.15, 0.2) is 47.6 Å². The zero-order valence-electron chi connectivity index (χ0n) is 11.4. The van der Waals surface area contributed by atoms with Crippen molar-refractivity contribution in [2.45, 2.75) is 18.4 Å². The Bertz CT molecular complexity index is 523. The van der Waals surface area contributed by atoms with Gasteiger partial charge in [0.25, 0.3) is 0 Å². The molecule has 0 atom stereocenters. The molecule has 0 unspecified atom stereocenters. The minimum Gasteiger partial charge on any atom is -0.494 e. The van der Waals surface area contributed by atoms with E-state index in [0.29, 0.717) is 18.9 Å². The lowest BCUT2D eigenvalue weighted by atomic mass is 10.3. The predicted molar refractivity (Wildman–Crippen MR) is 81.0 cm³/mol. The van der Waals surface area contributed by atoms with E-state index in [1.54, 1.807) is 0 Å². The zero-order valence-corrected chi connectivity index (χ0v) is 12.2. The molecular formula is C15H18N2O2S. The van der Waals surface area contributed by atoms with Crippen molar-refractivity contribution in [1.82, 2.24) is 10.3 Å². The third-order valence-corrected chi connectivity index (χ3v) is 3.67. The summed E-state index contributed by atoms with van der Waals surface area (Å²) >= 11 is 1.52. The second-order valence-electron chi connectivity index (χ2n) is 4.19. The van der Waals surface area contributed by atoms with Gasteiger partial charge in [0.05, 0.1) is 12.4 Å². The molecular weight excluding hydrogens is 272 g/mol. The van der Waals surface area contributed by atoms with Crippen LogP contribution < -0.4 is 10.1 Å². The number of nitrogens with one attached hydrogen (secondary N) is 2. The third kappa shape index (κ3) is 4.66. The summed E-state index contributed by atoms with van der Waals surface area (Å²) in [6.07, 6.45) is 3.72. The molecule has 1 aromatic carbocycles. The molecule has 4 nitrogen and oxygen atoms in total. The van der Waals surface area contributed by atoms with Crippen LogP contribution >= 0.6 is 11.8 Å². The van der Waals surface area contributed by atoms with Gasteiger partial charge in [0.2, 0.25) is 5.91 Å². The molecule has 0 aliphatic carbocycles. The number of benzene rings is 1. The first kappa shape index (κ1) is 14.5. The Labute approximate surface area is 122 Å². The number of H-pyrrole nitrogens is 1. The van der Waals surface area contributed by atoms with Gasteiger partial charge in [-0.15, -0.1) is 11.8 Å². The van der Waals surface area contributed by atoms with Crippen molar-refractivity contribution >= 4 is 17.7 Å². The lowest BCUT2D eigenvalue weighted by molar-refractivity contribution is -0.118. The third-order valence-electron chi connectivity index (χ3n) is 2.66. The van der Waals surface area contributed by atoms with Crippen LogP contribution in [-0.2, 0) is 11.3 Å². The van der Waals surface area contributed by atoms with Crippen LogP contribution in [0.1, 0.15) is 12.5 Å². The Morgan fingerprint density at radius 1 is 1.30 bits per heavy atom. The fraction of sp³-hybridized carbons (Fsp3) is 0.267. The number of aromatic amines is 1. The van der Waals surface area contributed by atoms with Crippen molar-refractivity contribution in [3.8, 4) is 5.75 Å². The molecule has 0 saturated carbocycles. The molecule has 1 amide bonds. The van der Waals surface area contributed by atoms with Crippen molar-refractivity contribution in [3.05, 3.63) is 48.3 Å². The highest BCUT2D eigenvalue weighted by molar-refractivity contribution is 8.00. The number of hydrogen-bond donors (Lipinski definition) is 2.